The fourth-order valence-electron chi connectivity index (χ4n) is 2.28. The number of hydrogen-bond donors (Lipinski definition) is 2. The fourth-order valence-corrected chi connectivity index (χ4v) is 3.32. The molecule has 2 N–H and O–H groups in total. The van der Waals surface area contributed by atoms with Crippen molar-refractivity contribution in [1.29, 1.82) is 0 Å². The highest BCUT2D eigenvalue weighted by atomic mass is 32.2. The summed E-state index contributed by atoms with van der Waals surface area (Å²) in [6.45, 7) is 3.91. The molecule has 1 aliphatic heterocycles. The van der Waals surface area contributed by atoms with Gasteiger partial charge in [0.2, 0.25) is 5.95 Å². The third kappa shape index (κ3) is 4.47. The first-order valence-corrected chi connectivity index (χ1v) is 9.28. The number of hydrogen-bond acceptors (Lipinski definition) is 9. The van der Waals surface area contributed by atoms with Crippen molar-refractivity contribution in [2.75, 3.05) is 18.5 Å². The number of amides is 2. The Balaban J connectivity index is 1.82. The number of aryl methyl sites for hydroxylation is 2. The molecule has 0 aliphatic carbocycles. The Hall–Kier alpha value is -3.28. The van der Waals surface area contributed by atoms with Gasteiger partial charge in [0.25, 0.3) is 15.9 Å². The van der Waals surface area contributed by atoms with Crippen LogP contribution in [0.4, 0.5) is 10.7 Å². The highest BCUT2D eigenvalue weighted by molar-refractivity contribution is 7.90. The number of nitrogens with zero attached hydrogens (tertiary/aromatic N) is 4. The van der Waals surface area contributed by atoms with E-state index in [1.807, 2.05) is 4.72 Å². The van der Waals surface area contributed by atoms with Crippen LogP contribution in [0.1, 0.15) is 17.0 Å². The minimum absolute atomic E-state index is 0.0187. The van der Waals surface area contributed by atoms with E-state index in [0.29, 0.717) is 11.4 Å². The highest BCUT2D eigenvalue weighted by Crippen LogP contribution is 2.16. The zero-order valence-corrected chi connectivity index (χ0v) is 15.3. The Kier molecular flexibility index (Phi) is 5.16. The van der Waals surface area contributed by atoms with Crippen molar-refractivity contribution in [1.82, 2.24) is 19.7 Å². The lowest BCUT2D eigenvalue weighted by atomic mass is 10.3. The van der Waals surface area contributed by atoms with E-state index in [1.165, 1.54) is 18.3 Å². The van der Waals surface area contributed by atoms with Crippen LogP contribution in [0.2, 0.25) is 0 Å². The van der Waals surface area contributed by atoms with Crippen LogP contribution >= 0.6 is 0 Å². The molecule has 0 spiro atoms. The Bertz CT molecular complexity index is 987. The monoisotopic (exact) mass is 392 g/mol. The van der Waals surface area contributed by atoms with Crippen LogP contribution in [0.25, 0.3) is 0 Å². The predicted molar refractivity (Wildman–Crippen MR) is 93.5 cm³/mol. The second kappa shape index (κ2) is 7.53. The fraction of sp³-hybridized carbons (Fsp3) is 0.267. The first kappa shape index (κ1) is 18.5. The molecule has 2 aromatic rings. The number of urea groups is 1. The SMILES string of the molecule is Cc1cc(C)nc(NC(=O)NS(=O)(=O)c2ncccc2C2=NOCCO2)n1. The van der Waals surface area contributed by atoms with Crippen LogP contribution in [0.5, 0.6) is 0 Å². The highest BCUT2D eigenvalue weighted by Gasteiger charge is 2.27. The Morgan fingerprint density at radius 1 is 1.19 bits per heavy atom. The van der Waals surface area contributed by atoms with Gasteiger partial charge in [-0.15, -0.1) is 0 Å². The molecule has 12 heteroatoms. The second-order valence-electron chi connectivity index (χ2n) is 5.47. The van der Waals surface area contributed by atoms with Gasteiger partial charge in [-0.1, -0.05) is 0 Å². The summed E-state index contributed by atoms with van der Waals surface area (Å²) in [5, 5.41) is 5.54. The summed E-state index contributed by atoms with van der Waals surface area (Å²) < 4.78 is 32.4. The van der Waals surface area contributed by atoms with Crippen molar-refractivity contribution in [3.63, 3.8) is 0 Å². The number of ether oxygens (including phenoxy) is 1. The minimum atomic E-state index is -4.32. The van der Waals surface area contributed by atoms with Gasteiger partial charge in [0.05, 0.1) is 5.56 Å². The standard InChI is InChI=1S/C15H16N6O5S/c1-9-8-10(2)18-14(17-9)19-15(22)21-27(23,24)13-11(4-3-5-16-13)12-20-26-7-6-25-12/h3-5,8H,6-7H2,1-2H3,(H2,17,18,19,21,22). The molecule has 3 heterocycles. The molecule has 11 nitrogen and oxygen atoms in total. The van der Waals surface area contributed by atoms with Crippen LogP contribution in [-0.4, -0.2) is 48.5 Å². The third-order valence-electron chi connectivity index (χ3n) is 3.25. The van der Waals surface area contributed by atoms with Crippen molar-refractivity contribution in [3.05, 3.63) is 41.3 Å². The number of oxime groups is 1. The maximum Gasteiger partial charge on any atom is 0.335 e. The molecular weight excluding hydrogens is 376 g/mol. The van der Waals surface area contributed by atoms with E-state index in [9.17, 15) is 13.2 Å². The first-order chi connectivity index (χ1) is 12.8. The van der Waals surface area contributed by atoms with E-state index in [4.69, 9.17) is 9.57 Å². The average Bonchev–Trinajstić information content (AvgIpc) is 2.61. The number of anilines is 1. The number of sulfonamides is 1. The van der Waals surface area contributed by atoms with Crippen molar-refractivity contribution >= 4 is 27.9 Å². The quantitative estimate of drug-likeness (QED) is 0.774. The number of aromatic nitrogens is 3. The molecule has 142 valence electrons. The van der Waals surface area contributed by atoms with E-state index in [1.54, 1.807) is 19.9 Å². The molecule has 0 aromatic carbocycles. The van der Waals surface area contributed by atoms with E-state index < -0.39 is 21.1 Å². The first-order valence-electron chi connectivity index (χ1n) is 7.79. The van der Waals surface area contributed by atoms with Gasteiger partial charge in [-0.3, -0.25) is 5.32 Å². The molecule has 0 atom stereocenters. The van der Waals surface area contributed by atoms with Crippen molar-refractivity contribution in [2.24, 2.45) is 5.16 Å². The Labute approximate surface area is 154 Å². The van der Waals surface area contributed by atoms with E-state index >= 15 is 0 Å². The summed E-state index contributed by atoms with van der Waals surface area (Å²) in [6.07, 6.45) is 1.27. The van der Waals surface area contributed by atoms with Gasteiger partial charge < -0.3 is 9.57 Å². The summed E-state index contributed by atoms with van der Waals surface area (Å²) in [4.78, 5) is 28.9. The lowest BCUT2D eigenvalue weighted by Crippen LogP contribution is -2.36. The van der Waals surface area contributed by atoms with Crippen LogP contribution in [0, 0.1) is 13.8 Å². The lowest BCUT2D eigenvalue weighted by molar-refractivity contribution is 0.0653. The van der Waals surface area contributed by atoms with E-state index in [2.05, 4.69) is 25.4 Å². The smallest absolute Gasteiger partial charge is 0.335 e. The predicted octanol–water partition coefficient (Wildman–Crippen LogP) is 0.707. The summed E-state index contributed by atoms with van der Waals surface area (Å²) in [6, 6.07) is 3.64. The second-order valence-corrected chi connectivity index (χ2v) is 7.07. The Morgan fingerprint density at radius 3 is 2.59 bits per heavy atom. The molecule has 2 amide bonds. The molecule has 0 saturated carbocycles. The van der Waals surface area contributed by atoms with E-state index in [-0.39, 0.29) is 30.6 Å². The molecule has 27 heavy (non-hydrogen) atoms. The summed E-state index contributed by atoms with van der Waals surface area (Å²) >= 11 is 0. The van der Waals surface area contributed by atoms with Crippen molar-refractivity contribution < 1.29 is 22.8 Å². The van der Waals surface area contributed by atoms with Crippen molar-refractivity contribution in [2.45, 2.75) is 18.9 Å². The zero-order chi connectivity index (χ0) is 19.4. The summed E-state index contributed by atoms with van der Waals surface area (Å²) in [5.74, 6) is -0.0531. The van der Waals surface area contributed by atoms with Crippen molar-refractivity contribution in [3.8, 4) is 0 Å². The lowest BCUT2D eigenvalue weighted by Gasteiger charge is -2.15. The van der Waals surface area contributed by atoms with Gasteiger partial charge in [0, 0.05) is 17.6 Å². The molecule has 0 saturated heterocycles. The Morgan fingerprint density at radius 2 is 1.93 bits per heavy atom. The average molecular weight is 392 g/mol. The van der Waals surface area contributed by atoms with Crippen LogP contribution < -0.4 is 10.0 Å². The topological polar surface area (TPSA) is 145 Å². The number of rotatable bonds is 4. The van der Waals surface area contributed by atoms with Gasteiger partial charge in [0.15, 0.2) is 11.6 Å². The van der Waals surface area contributed by atoms with Gasteiger partial charge in [-0.25, -0.2) is 24.5 Å². The molecule has 0 unspecified atom stereocenters. The largest absolute Gasteiger partial charge is 0.471 e. The zero-order valence-electron chi connectivity index (χ0n) is 14.5. The molecule has 3 rings (SSSR count). The van der Waals surface area contributed by atoms with E-state index in [0.717, 1.165) is 0 Å². The van der Waals surface area contributed by atoms with Crippen LogP contribution in [0.3, 0.4) is 0 Å². The number of carbonyl (C=O) groups excluding carboxylic acids is 1. The molecule has 1 aliphatic rings. The molecule has 0 fully saturated rings. The maximum absolute atomic E-state index is 12.6. The van der Waals surface area contributed by atoms with Gasteiger partial charge in [-0.05, 0) is 37.2 Å². The van der Waals surface area contributed by atoms with Crippen LogP contribution in [-0.2, 0) is 19.6 Å². The number of pyridine rings is 1. The van der Waals surface area contributed by atoms with Gasteiger partial charge in [0.1, 0.15) is 6.61 Å². The summed E-state index contributed by atoms with van der Waals surface area (Å²) in [5.41, 5.74) is 1.32. The van der Waals surface area contributed by atoms with Gasteiger partial charge in [-0.2, -0.15) is 8.42 Å². The third-order valence-corrected chi connectivity index (χ3v) is 4.54. The molecule has 0 bridgehead atoms. The number of nitrogens with one attached hydrogen (secondary N) is 2. The normalized spacial score (nSPS) is 13.8. The molecule has 2 aromatic heterocycles. The van der Waals surface area contributed by atoms with Crippen LogP contribution in [0.15, 0.2) is 34.6 Å². The molecular formula is C15H16N6O5S. The number of carbonyl (C=O) groups is 1. The van der Waals surface area contributed by atoms with Gasteiger partial charge >= 0.3 is 6.03 Å². The summed E-state index contributed by atoms with van der Waals surface area (Å²) in [7, 11) is -4.32. The minimum Gasteiger partial charge on any atom is -0.471 e. The maximum atomic E-state index is 12.6. The molecule has 0 radical (unpaired) electrons.